The largest absolute Gasteiger partial charge is 0.469 e. The van der Waals surface area contributed by atoms with Crippen molar-refractivity contribution >= 4 is 17.6 Å². The number of nitrogens with zero attached hydrogens (tertiary/aromatic N) is 1. The van der Waals surface area contributed by atoms with E-state index in [2.05, 4.69) is 10.1 Å². The second-order valence-electron chi connectivity index (χ2n) is 4.48. The molecule has 19 heavy (non-hydrogen) atoms. The highest BCUT2D eigenvalue weighted by Crippen LogP contribution is 2.08. The molecule has 0 saturated heterocycles. The smallest absolute Gasteiger partial charge is 0.306 e. The summed E-state index contributed by atoms with van der Waals surface area (Å²) in [5, 5.41) is 2.80. The number of ether oxygens (including phenoxy) is 1. The molecule has 1 rings (SSSR count). The molecule has 1 amide bonds. The Kier molecular flexibility index (Phi) is 6.02. The van der Waals surface area contributed by atoms with Crippen LogP contribution in [0, 0.1) is 6.92 Å². The first kappa shape index (κ1) is 15.2. The summed E-state index contributed by atoms with van der Waals surface area (Å²) in [5.41, 5.74) is 1.92. The number of benzene rings is 1. The van der Waals surface area contributed by atoms with Crippen LogP contribution >= 0.6 is 0 Å². The van der Waals surface area contributed by atoms with Gasteiger partial charge in [0.25, 0.3) is 0 Å². The van der Waals surface area contributed by atoms with Crippen molar-refractivity contribution in [3.63, 3.8) is 0 Å². The molecule has 1 aromatic rings. The Bertz CT molecular complexity index is 429. The molecule has 104 valence electrons. The second kappa shape index (κ2) is 7.53. The molecule has 0 aliphatic rings. The highest BCUT2D eigenvalue weighted by atomic mass is 16.5. The Morgan fingerprint density at radius 1 is 1.26 bits per heavy atom. The molecule has 0 saturated carbocycles. The van der Waals surface area contributed by atoms with Crippen LogP contribution in [0.4, 0.5) is 5.69 Å². The number of hydrogen-bond donors (Lipinski definition) is 1. The van der Waals surface area contributed by atoms with Gasteiger partial charge in [-0.1, -0.05) is 17.7 Å². The molecular formula is C14H20N2O3. The molecule has 0 unspecified atom stereocenters. The molecule has 5 heteroatoms. The summed E-state index contributed by atoms with van der Waals surface area (Å²) in [7, 11) is 3.14. The van der Waals surface area contributed by atoms with E-state index in [1.54, 1.807) is 11.9 Å². The average molecular weight is 264 g/mol. The van der Waals surface area contributed by atoms with E-state index in [1.807, 2.05) is 31.2 Å². The van der Waals surface area contributed by atoms with E-state index in [4.69, 9.17) is 0 Å². The summed E-state index contributed by atoms with van der Waals surface area (Å²) < 4.78 is 4.55. The van der Waals surface area contributed by atoms with Crippen LogP contribution in [0.3, 0.4) is 0 Å². The topological polar surface area (TPSA) is 58.6 Å². The van der Waals surface area contributed by atoms with Gasteiger partial charge in [-0.3, -0.25) is 14.5 Å². The summed E-state index contributed by atoms with van der Waals surface area (Å²) in [4.78, 5) is 24.5. The average Bonchev–Trinajstić information content (AvgIpc) is 2.38. The van der Waals surface area contributed by atoms with E-state index in [0.29, 0.717) is 6.54 Å². The van der Waals surface area contributed by atoms with Crippen LogP contribution in [0.1, 0.15) is 12.0 Å². The van der Waals surface area contributed by atoms with Gasteiger partial charge in [-0.05, 0) is 26.1 Å². The van der Waals surface area contributed by atoms with Crippen molar-refractivity contribution in [1.29, 1.82) is 0 Å². The van der Waals surface area contributed by atoms with Crippen molar-refractivity contribution in [3.8, 4) is 0 Å². The Hall–Kier alpha value is -1.88. The summed E-state index contributed by atoms with van der Waals surface area (Å²) in [6, 6.07) is 7.61. The molecule has 1 N–H and O–H groups in total. The van der Waals surface area contributed by atoms with Crippen molar-refractivity contribution in [3.05, 3.63) is 29.8 Å². The van der Waals surface area contributed by atoms with Gasteiger partial charge in [-0.25, -0.2) is 0 Å². The molecule has 0 bridgehead atoms. The molecule has 1 aromatic carbocycles. The van der Waals surface area contributed by atoms with Crippen molar-refractivity contribution in [2.75, 3.05) is 32.6 Å². The van der Waals surface area contributed by atoms with Gasteiger partial charge >= 0.3 is 5.97 Å². The van der Waals surface area contributed by atoms with Gasteiger partial charge in [-0.15, -0.1) is 0 Å². The first-order chi connectivity index (χ1) is 9.01. The van der Waals surface area contributed by atoms with Crippen LogP contribution in [0.5, 0.6) is 0 Å². The van der Waals surface area contributed by atoms with Gasteiger partial charge < -0.3 is 10.1 Å². The maximum absolute atomic E-state index is 11.8. The lowest BCUT2D eigenvalue weighted by Crippen LogP contribution is -2.31. The number of nitrogens with one attached hydrogen (secondary N) is 1. The first-order valence-electron chi connectivity index (χ1n) is 6.13. The van der Waals surface area contributed by atoms with Crippen LogP contribution in [0.15, 0.2) is 24.3 Å². The summed E-state index contributed by atoms with van der Waals surface area (Å²) >= 11 is 0. The van der Waals surface area contributed by atoms with Gasteiger partial charge in [-0.2, -0.15) is 0 Å². The standard InChI is InChI=1S/C14H20N2O3/c1-11-4-6-12(7-5-11)15-13(17)10-16(2)9-8-14(18)19-3/h4-7H,8-10H2,1-3H3,(H,15,17). The molecule has 5 nitrogen and oxygen atoms in total. The molecule has 0 radical (unpaired) electrons. The number of esters is 1. The molecule has 0 aliphatic heterocycles. The van der Waals surface area contributed by atoms with Gasteiger partial charge in [0.1, 0.15) is 0 Å². The maximum Gasteiger partial charge on any atom is 0.306 e. The van der Waals surface area contributed by atoms with E-state index < -0.39 is 0 Å². The molecule has 0 fully saturated rings. The summed E-state index contributed by atoms with van der Waals surface area (Å²) in [6.07, 6.45) is 0.283. The van der Waals surface area contributed by atoms with Crippen LogP contribution in [0.2, 0.25) is 0 Å². The molecular weight excluding hydrogens is 244 g/mol. The fourth-order valence-corrected chi connectivity index (χ4v) is 1.55. The molecule has 0 aromatic heterocycles. The van der Waals surface area contributed by atoms with Crippen molar-refractivity contribution in [2.45, 2.75) is 13.3 Å². The number of likely N-dealkylation sites (N-methyl/N-ethyl adjacent to an activating group) is 1. The maximum atomic E-state index is 11.8. The number of carbonyl (C=O) groups is 2. The third kappa shape index (κ3) is 6.01. The Balaban J connectivity index is 2.34. The van der Waals surface area contributed by atoms with Crippen LogP contribution in [-0.4, -0.2) is 44.0 Å². The number of carbonyl (C=O) groups excluding carboxylic acids is 2. The number of aryl methyl sites for hydroxylation is 1. The highest BCUT2D eigenvalue weighted by Gasteiger charge is 2.09. The second-order valence-corrected chi connectivity index (χ2v) is 4.48. The van der Waals surface area contributed by atoms with Crippen molar-refractivity contribution in [2.24, 2.45) is 0 Å². The van der Waals surface area contributed by atoms with Crippen LogP contribution in [-0.2, 0) is 14.3 Å². The predicted molar refractivity (Wildman–Crippen MR) is 73.9 cm³/mol. The lowest BCUT2D eigenvalue weighted by atomic mass is 10.2. The normalized spacial score (nSPS) is 10.3. The molecule has 0 atom stereocenters. The minimum Gasteiger partial charge on any atom is -0.469 e. The monoisotopic (exact) mass is 264 g/mol. The Labute approximate surface area is 113 Å². The number of rotatable bonds is 6. The lowest BCUT2D eigenvalue weighted by Gasteiger charge is -2.15. The van der Waals surface area contributed by atoms with Crippen molar-refractivity contribution in [1.82, 2.24) is 4.90 Å². The van der Waals surface area contributed by atoms with Crippen LogP contribution < -0.4 is 5.32 Å². The molecule has 0 spiro atoms. The minimum absolute atomic E-state index is 0.101. The minimum atomic E-state index is -0.272. The zero-order valence-electron chi connectivity index (χ0n) is 11.6. The van der Waals surface area contributed by atoms with Gasteiger partial charge in [0, 0.05) is 12.2 Å². The van der Waals surface area contributed by atoms with Gasteiger partial charge in [0.15, 0.2) is 0 Å². The number of amides is 1. The molecule has 0 aliphatic carbocycles. The summed E-state index contributed by atoms with van der Waals surface area (Å²) in [6.45, 7) is 2.73. The van der Waals surface area contributed by atoms with Crippen LogP contribution in [0.25, 0.3) is 0 Å². The van der Waals surface area contributed by atoms with E-state index in [9.17, 15) is 9.59 Å². The zero-order chi connectivity index (χ0) is 14.3. The zero-order valence-corrected chi connectivity index (χ0v) is 11.6. The Morgan fingerprint density at radius 2 is 1.89 bits per heavy atom. The van der Waals surface area contributed by atoms with Gasteiger partial charge in [0.2, 0.25) is 5.91 Å². The first-order valence-corrected chi connectivity index (χ1v) is 6.13. The quantitative estimate of drug-likeness (QED) is 0.790. The van der Waals surface area contributed by atoms with Crippen molar-refractivity contribution < 1.29 is 14.3 Å². The van der Waals surface area contributed by atoms with E-state index >= 15 is 0 Å². The third-order valence-electron chi connectivity index (χ3n) is 2.67. The lowest BCUT2D eigenvalue weighted by molar-refractivity contribution is -0.141. The SMILES string of the molecule is COC(=O)CCN(C)CC(=O)Nc1ccc(C)cc1. The third-order valence-corrected chi connectivity index (χ3v) is 2.67. The number of methoxy groups -OCH3 is 1. The number of anilines is 1. The highest BCUT2D eigenvalue weighted by molar-refractivity contribution is 5.92. The Morgan fingerprint density at radius 3 is 2.47 bits per heavy atom. The van der Waals surface area contributed by atoms with E-state index in [1.165, 1.54) is 7.11 Å². The predicted octanol–water partition coefficient (Wildman–Crippen LogP) is 1.43. The number of hydrogen-bond acceptors (Lipinski definition) is 4. The fraction of sp³-hybridized carbons (Fsp3) is 0.429. The molecule has 0 heterocycles. The van der Waals surface area contributed by atoms with Gasteiger partial charge in [0.05, 0.1) is 20.1 Å². The van der Waals surface area contributed by atoms with E-state index in [0.717, 1.165) is 11.3 Å². The van der Waals surface area contributed by atoms with E-state index in [-0.39, 0.29) is 24.8 Å². The fourth-order valence-electron chi connectivity index (χ4n) is 1.55. The summed E-state index contributed by atoms with van der Waals surface area (Å²) in [5.74, 6) is -0.373.